The Morgan fingerprint density at radius 2 is 1.97 bits per heavy atom. The van der Waals surface area contributed by atoms with Crippen molar-refractivity contribution in [1.29, 1.82) is 0 Å². The molecule has 0 radical (unpaired) electrons. The van der Waals surface area contributed by atoms with Crippen LogP contribution in [-0.2, 0) is 12.8 Å². The van der Waals surface area contributed by atoms with E-state index in [1.165, 1.54) is 47.1 Å². The maximum Gasteiger partial charge on any atom is 0.239 e. The molecule has 0 amide bonds. The predicted octanol–water partition coefficient (Wildman–Crippen LogP) is 3.64. The van der Waals surface area contributed by atoms with Crippen molar-refractivity contribution in [2.45, 2.75) is 51.1 Å². The number of benzene rings is 2. The van der Waals surface area contributed by atoms with E-state index in [4.69, 9.17) is 10.8 Å². The van der Waals surface area contributed by atoms with Gasteiger partial charge in [-0.25, -0.2) is 0 Å². The van der Waals surface area contributed by atoms with Crippen molar-refractivity contribution in [2.75, 3.05) is 36.8 Å². The largest absolute Gasteiger partial charge is 0.369 e. The van der Waals surface area contributed by atoms with Gasteiger partial charge in [0.2, 0.25) is 11.7 Å². The number of anilines is 2. The fourth-order valence-electron chi connectivity index (χ4n) is 5.63. The Bertz CT molecular complexity index is 1390. The molecule has 0 spiro atoms. The topological polar surface area (TPSA) is 109 Å². The second kappa shape index (κ2) is 9.97. The van der Waals surface area contributed by atoms with E-state index in [-0.39, 0.29) is 30.1 Å². The Labute approximate surface area is 216 Å². The minimum absolute atomic E-state index is 0.0892. The first-order valence-electron chi connectivity index (χ1n) is 13.3. The van der Waals surface area contributed by atoms with Crippen LogP contribution in [0.2, 0.25) is 0 Å². The van der Waals surface area contributed by atoms with Crippen LogP contribution in [-0.4, -0.2) is 67.9 Å². The first-order chi connectivity index (χ1) is 18.1. The second-order valence-corrected chi connectivity index (χ2v) is 10.3. The molecule has 1 aliphatic heterocycles. The van der Waals surface area contributed by atoms with Crippen LogP contribution < -0.4 is 10.6 Å². The van der Waals surface area contributed by atoms with Crippen LogP contribution >= 0.6 is 0 Å². The first-order valence-corrected chi connectivity index (χ1v) is 13.3. The van der Waals surface area contributed by atoms with Crippen LogP contribution in [0.3, 0.4) is 0 Å². The Balaban J connectivity index is 1.26. The SMILES string of the molecule is CCc1nn(C2CCC2)c2cc(N3CCN(CC(=O)c4nc(N)n[nH]4)[C@@H](Cc4ccccc4)C3)ccc12. The number of aryl methyl sites for hydroxylation is 1. The highest BCUT2D eigenvalue weighted by Gasteiger charge is 2.30. The van der Waals surface area contributed by atoms with E-state index in [0.29, 0.717) is 6.04 Å². The minimum atomic E-state index is -0.0892. The number of piperazine rings is 1. The summed E-state index contributed by atoms with van der Waals surface area (Å²) in [6, 6.07) is 18.0. The number of nitrogens with zero attached hydrogens (tertiary/aromatic N) is 6. The van der Waals surface area contributed by atoms with E-state index < -0.39 is 0 Å². The maximum atomic E-state index is 12.9. The Morgan fingerprint density at radius 1 is 1.14 bits per heavy atom. The molecular weight excluding hydrogens is 464 g/mol. The first kappa shape index (κ1) is 23.7. The van der Waals surface area contributed by atoms with Gasteiger partial charge in [0.1, 0.15) is 0 Å². The molecule has 4 aromatic rings. The summed E-state index contributed by atoms with van der Waals surface area (Å²) >= 11 is 0. The molecule has 1 saturated carbocycles. The summed E-state index contributed by atoms with van der Waals surface area (Å²) in [5.74, 6) is 0.227. The van der Waals surface area contributed by atoms with Gasteiger partial charge in [-0.05, 0) is 55.9 Å². The zero-order chi connectivity index (χ0) is 25.4. The zero-order valence-corrected chi connectivity index (χ0v) is 21.3. The van der Waals surface area contributed by atoms with E-state index in [0.717, 1.165) is 32.5 Å². The summed E-state index contributed by atoms with van der Waals surface area (Å²) in [6.07, 6.45) is 5.53. The molecule has 9 nitrogen and oxygen atoms in total. The number of rotatable bonds is 8. The number of hydrogen-bond acceptors (Lipinski definition) is 7. The molecule has 2 aliphatic rings. The molecule has 192 valence electrons. The number of hydrogen-bond donors (Lipinski definition) is 2. The normalized spacial score (nSPS) is 18.8. The highest BCUT2D eigenvalue weighted by molar-refractivity contribution is 5.94. The molecule has 1 saturated heterocycles. The summed E-state index contributed by atoms with van der Waals surface area (Å²) in [7, 11) is 0. The second-order valence-electron chi connectivity index (χ2n) is 10.3. The standard InChI is InChI=1S/C28H34N8O/c1-2-24-23-12-11-21(16-25(23)36(33-24)20-9-6-10-20)34-13-14-35(18-26(37)27-30-28(29)32-31-27)22(17-34)15-19-7-4-3-5-8-19/h3-5,7-8,11-12,16,20,22H,2,6,9-10,13-15,17-18H2,1H3,(H3,29,30,31,32)/t22-/m0/s1. The molecule has 9 heteroatoms. The van der Waals surface area contributed by atoms with Crippen LogP contribution in [0.4, 0.5) is 11.6 Å². The molecule has 0 unspecified atom stereocenters. The number of nitrogen functional groups attached to an aromatic ring is 1. The third-order valence-corrected chi connectivity index (χ3v) is 7.92. The smallest absolute Gasteiger partial charge is 0.239 e. The summed E-state index contributed by atoms with van der Waals surface area (Å²) in [5.41, 5.74) is 10.5. The minimum Gasteiger partial charge on any atom is -0.369 e. The van der Waals surface area contributed by atoms with Crippen LogP contribution in [0.1, 0.15) is 54.1 Å². The summed E-state index contributed by atoms with van der Waals surface area (Å²) < 4.78 is 2.28. The molecule has 1 atom stereocenters. The molecule has 2 aromatic carbocycles. The molecule has 6 rings (SSSR count). The summed E-state index contributed by atoms with van der Waals surface area (Å²) in [6.45, 7) is 4.94. The van der Waals surface area contributed by atoms with Gasteiger partial charge in [-0.3, -0.25) is 19.5 Å². The molecular formula is C28H34N8O. The average molecular weight is 499 g/mol. The summed E-state index contributed by atoms with van der Waals surface area (Å²) in [4.78, 5) is 21.7. The number of aromatic amines is 1. The predicted molar refractivity (Wildman–Crippen MR) is 145 cm³/mol. The number of Topliss-reactive ketones (excluding diaryl/α,β-unsaturated/α-hetero) is 1. The number of aromatic nitrogens is 5. The number of ketones is 1. The molecule has 37 heavy (non-hydrogen) atoms. The Hall–Kier alpha value is -3.72. The van der Waals surface area contributed by atoms with Crippen LogP contribution in [0.25, 0.3) is 10.9 Å². The highest BCUT2D eigenvalue weighted by Crippen LogP contribution is 2.36. The summed E-state index contributed by atoms with van der Waals surface area (Å²) in [5, 5.41) is 12.7. The molecule has 3 N–H and O–H groups in total. The lowest BCUT2D eigenvalue weighted by Crippen LogP contribution is -2.55. The highest BCUT2D eigenvalue weighted by atomic mass is 16.1. The van der Waals surface area contributed by atoms with E-state index in [2.05, 4.69) is 79.1 Å². The van der Waals surface area contributed by atoms with Crippen molar-refractivity contribution < 1.29 is 4.79 Å². The molecule has 0 bridgehead atoms. The van der Waals surface area contributed by atoms with Gasteiger partial charge >= 0.3 is 0 Å². The molecule has 3 heterocycles. The van der Waals surface area contributed by atoms with Crippen LogP contribution in [0, 0.1) is 0 Å². The molecule has 2 fully saturated rings. The van der Waals surface area contributed by atoms with E-state index in [9.17, 15) is 4.79 Å². The number of nitrogens with one attached hydrogen (secondary N) is 1. The third-order valence-electron chi connectivity index (χ3n) is 7.92. The van der Waals surface area contributed by atoms with Crippen molar-refractivity contribution >= 4 is 28.3 Å². The van der Waals surface area contributed by atoms with Crippen molar-refractivity contribution in [2.24, 2.45) is 0 Å². The lowest BCUT2D eigenvalue weighted by Gasteiger charge is -2.42. The number of fused-ring (bicyclic) bond motifs is 1. The van der Waals surface area contributed by atoms with Gasteiger partial charge in [-0.2, -0.15) is 10.1 Å². The van der Waals surface area contributed by atoms with Gasteiger partial charge < -0.3 is 10.6 Å². The van der Waals surface area contributed by atoms with Crippen LogP contribution in [0.15, 0.2) is 48.5 Å². The van der Waals surface area contributed by atoms with E-state index in [1.54, 1.807) is 0 Å². The van der Waals surface area contributed by atoms with Gasteiger partial charge in [0, 0.05) is 36.7 Å². The Kier molecular flexibility index (Phi) is 6.38. The lowest BCUT2D eigenvalue weighted by atomic mass is 9.93. The third kappa shape index (κ3) is 4.71. The lowest BCUT2D eigenvalue weighted by molar-refractivity contribution is 0.0865. The zero-order valence-electron chi connectivity index (χ0n) is 21.3. The number of nitrogens with two attached hydrogens (primary N) is 1. The number of H-pyrrole nitrogens is 1. The van der Waals surface area contributed by atoms with Crippen molar-refractivity contribution in [3.8, 4) is 0 Å². The van der Waals surface area contributed by atoms with Gasteiger partial charge in [0.25, 0.3) is 0 Å². The monoisotopic (exact) mass is 498 g/mol. The van der Waals surface area contributed by atoms with Crippen molar-refractivity contribution in [1.82, 2.24) is 29.9 Å². The van der Waals surface area contributed by atoms with Gasteiger partial charge in [0.15, 0.2) is 5.82 Å². The fourth-order valence-corrected chi connectivity index (χ4v) is 5.63. The number of carbonyl (C=O) groups excluding carboxylic acids is 1. The van der Waals surface area contributed by atoms with Crippen molar-refractivity contribution in [3.63, 3.8) is 0 Å². The van der Waals surface area contributed by atoms with Crippen LogP contribution in [0.5, 0.6) is 0 Å². The number of carbonyl (C=O) groups is 1. The van der Waals surface area contributed by atoms with Gasteiger partial charge in [0.05, 0.1) is 23.8 Å². The van der Waals surface area contributed by atoms with Gasteiger partial charge in [-0.1, -0.05) is 37.3 Å². The van der Waals surface area contributed by atoms with E-state index >= 15 is 0 Å². The fraction of sp³-hybridized carbons (Fsp3) is 0.429. The van der Waals surface area contributed by atoms with E-state index in [1.807, 2.05) is 6.07 Å². The Morgan fingerprint density at radius 3 is 2.68 bits per heavy atom. The molecule has 1 aliphatic carbocycles. The maximum absolute atomic E-state index is 12.9. The van der Waals surface area contributed by atoms with Gasteiger partial charge in [-0.15, -0.1) is 5.10 Å². The quantitative estimate of drug-likeness (QED) is 0.357. The van der Waals surface area contributed by atoms with Crippen molar-refractivity contribution in [3.05, 3.63) is 65.6 Å². The average Bonchev–Trinajstić information content (AvgIpc) is 3.48. The molecule has 2 aromatic heterocycles.